The number of aromatic nitrogens is 2. The number of thioether (sulfide) groups is 1. The molecule has 0 aliphatic rings. The second-order valence-electron chi connectivity index (χ2n) is 5.88. The number of benzene rings is 1. The van der Waals surface area contributed by atoms with Crippen LogP contribution in [0.3, 0.4) is 0 Å². The summed E-state index contributed by atoms with van der Waals surface area (Å²) in [6.45, 7) is 7.78. The van der Waals surface area contributed by atoms with Crippen LogP contribution in [0.2, 0.25) is 0 Å². The van der Waals surface area contributed by atoms with Crippen molar-refractivity contribution in [2.45, 2.75) is 42.8 Å². The Bertz CT molecular complexity index is 701. The van der Waals surface area contributed by atoms with Crippen molar-refractivity contribution >= 4 is 41.2 Å². The molecule has 0 fully saturated rings. The van der Waals surface area contributed by atoms with Crippen molar-refractivity contribution in [3.63, 3.8) is 0 Å². The lowest BCUT2D eigenvalue weighted by atomic mass is 10.1. The SMILES string of the molecule is C[C@H](Sc1nn(-c2ccccc2)c(=S)s1)C(=O)NC(C)(C)C. The minimum atomic E-state index is -0.234. The van der Waals surface area contributed by atoms with E-state index >= 15 is 0 Å². The second kappa shape index (κ2) is 6.93. The van der Waals surface area contributed by atoms with Gasteiger partial charge in [0, 0.05) is 5.54 Å². The van der Waals surface area contributed by atoms with Crippen molar-refractivity contribution in [3.05, 3.63) is 34.3 Å². The molecule has 0 radical (unpaired) electrons. The third-order valence-corrected chi connectivity index (χ3v) is 5.09. The van der Waals surface area contributed by atoms with Gasteiger partial charge < -0.3 is 5.32 Å². The molecular weight excluding hydrogens is 334 g/mol. The fourth-order valence-electron chi connectivity index (χ4n) is 1.72. The maximum Gasteiger partial charge on any atom is 0.233 e. The summed E-state index contributed by atoms with van der Waals surface area (Å²) in [5.41, 5.74) is 0.699. The number of rotatable bonds is 4. The Morgan fingerprint density at radius 1 is 1.36 bits per heavy atom. The van der Waals surface area contributed by atoms with E-state index in [9.17, 15) is 4.79 Å². The fourth-order valence-corrected chi connectivity index (χ4v) is 4.22. The fraction of sp³-hybridized carbons (Fsp3) is 0.400. The first-order chi connectivity index (χ1) is 10.3. The minimum Gasteiger partial charge on any atom is -0.351 e. The molecule has 0 aliphatic heterocycles. The highest BCUT2D eigenvalue weighted by Crippen LogP contribution is 2.28. The van der Waals surface area contributed by atoms with Gasteiger partial charge in [-0.1, -0.05) is 41.3 Å². The van der Waals surface area contributed by atoms with Gasteiger partial charge in [0.05, 0.1) is 10.9 Å². The summed E-state index contributed by atoms with van der Waals surface area (Å²) in [6.07, 6.45) is 0. The molecule has 1 atom stereocenters. The summed E-state index contributed by atoms with van der Waals surface area (Å²) in [7, 11) is 0. The Morgan fingerprint density at radius 3 is 2.59 bits per heavy atom. The normalized spacial score (nSPS) is 12.9. The molecule has 4 nitrogen and oxygen atoms in total. The van der Waals surface area contributed by atoms with Crippen LogP contribution in [0.15, 0.2) is 34.7 Å². The first kappa shape index (κ1) is 17.2. The smallest absolute Gasteiger partial charge is 0.233 e. The number of carbonyl (C=O) groups excluding carboxylic acids is 1. The monoisotopic (exact) mass is 353 g/mol. The first-order valence-electron chi connectivity index (χ1n) is 6.90. The van der Waals surface area contributed by atoms with Crippen LogP contribution in [0.5, 0.6) is 0 Å². The lowest BCUT2D eigenvalue weighted by Crippen LogP contribution is -2.44. The van der Waals surface area contributed by atoms with Crippen molar-refractivity contribution in [3.8, 4) is 5.69 Å². The van der Waals surface area contributed by atoms with Crippen molar-refractivity contribution in [2.24, 2.45) is 0 Å². The maximum atomic E-state index is 12.1. The van der Waals surface area contributed by atoms with E-state index in [0.29, 0.717) is 3.95 Å². The molecule has 0 aliphatic carbocycles. The van der Waals surface area contributed by atoms with Gasteiger partial charge in [-0.05, 0) is 52.0 Å². The molecule has 0 saturated carbocycles. The number of para-hydroxylation sites is 1. The quantitative estimate of drug-likeness (QED) is 0.665. The number of nitrogens with zero attached hydrogens (tertiary/aromatic N) is 2. The molecule has 2 aromatic rings. The van der Waals surface area contributed by atoms with E-state index in [1.807, 2.05) is 58.0 Å². The predicted molar refractivity (Wildman–Crippen MR) is 95.5 cm³/mol. The zero-order valence-corrected chi connectivity index (χ0v) is 15.4. The average Bonchev–Trinajstić information content (AvgIpc) is 2.78. The maximum absolute atomic E-state index is 12.1. The third kappa shape index (κ3) is 4.66. The van der Waals surface area contributed by atoms with Crippen LogP contribution in [-0.4, -0.2) is 26.5 Å². The molecule has 0 unspecified atom stereocenters. The summed E-state index contributed by atoms with van der Waals surface area (Å²) in [4.78, 5) is 12.1. The first-order valence-corrected chi connectivity index (χ1v) is 9.01. The van der Waals surface area contributed by atoms with Crippen LogP contribution in [0, 0.1) is 3.95 Å². The highest BCUT2D eigenvalue weighted by atomic mass is 32.2. The molecule has 1 amide bonds. The summed E-state index contributed by atoms with van der Waals surface area (Å²) >= 11 is 8.22. The van der Waals surface area contributed by atoms with Gasteiger partial charge in [-0.2, -0.15) is 0 Å². The molecule has 2 rings (SSSR count). The number of nitrogens with one attached hydrogen (secondary N) is 1. The van der Waals surface area contributed by atoms with Crippen LogP contribution in [-0.2, 0) is 4.79 Å². The van der Waals surface area contributed by atoms with Crippen LogP contribution >= 0.6 is 35.3 Å². The largest absolute Gasteiger partial charge is 0.351 e. The molecule has 0 spiro atoms. The molecule has 22 heavy (non-hydrogen) atoms. The van der Waals surface area contributed by atoms with Gasteiger partial charge in [-0.3, -0.25) is 4.79 Å². The number of hydrogen-bond acceptors (Lipinski definition) is 5. The number of amides is 1. The van der Waals surface area contributed by atoms with Crippen LogP contribution in [0.4, 0.5) is 0 Å². The molecule has 118 valence electrons. The van der Waals surface area contributed by atoms with Crippen LogP contribution in [0.25, 0.3) is 5.69 Å². The molecule has 1 aromatic heterocycles. The zero-order valence-electron chi connectivity index (χ0n) is 13.0. The van der Waals surface area contributed by atoms with Gasteiger partial charge in [0.25, 0.3) is 0 Å². The van der Waals surface area contributed by atoms with E-state index in [0.717, 1.165) is 10.0 Å². The lowest BCUT2D eigenvalue weighted by molar-refractivity contribution is -0.121. The minimum absolute atomic E-state index is 0.00452. The number of hydrogen-bond donors (Lipinski definition) is 1. The van der Waals surface area contributed by atoms with E-state index in [4.69, 9.17) is 12.2 Å². The van der Waals surface area contributed by atoms with Gasteiger partial charge >= 0.3 is 0 Å². The highest BCUT2D eigenvalue weighted by Gasteiger charge is 2.21. The summed E-state index contributed by atoms with van der Waals surface area (Å²) < 4.78 is 3.21. The topological polar surface area (TPSA) is 46.9 Å². The molecule has 0 saturated heterocycles. The van der Waals surface area contributed by atoms with E-state index in [2.05, 4.69) is 10.4 Å². The van der Waals surface area contributed by atoms with Crippen molar-refractivity contribution in [2.75, 3.05) is 0 Å². The van der Waals surface area contributed by atoms with Crippen LogP contribution < -0.4 is 5.32 Å². The third-order valence-electron chi connectivity index (χ3n) is 2.67. The van der Waals surface area contributed by atoms with Crippen molar-refractivity contribution < 1.29 is 4.79 Å². The van der Waals surface area contributed by atoms with E-state index in [1.54, 1.807) is 4.68 Å². The van der Waals surface area contributed by atoms with Crippen LogP contribution in [0.1, 0.15) is 27.7 Å². The van der Waals surface area contributed by atoms with E-state index in [1.165, 1.54) is 23.1 Å². The molecular formula is C15H19N3OS3. The van der Waals surface area contributed by atoms with Gasteiger partial charge in [-0.25, -0.2) is 4.68 Å². The lowest BCUT2D eigenvalue weighted by Gasteiger charge is -2.22. The highest BCUT2D eigenvalue weighted by molar-refractivity contribution is 8.02. The van der Waals surface area contributed by atoms with E-state index in [-0.39, 0.29) is 16.7 Å². The molecule has 1 aromatic carbocycles. The Labute approximate surface area is 143 Å². The van der Waals surface area contributed by atoms with Crippen molar-refractivity contribution in [1.29, 1.82) is 0 Å². The summed E-state index contributed by atoms with van der Waals surface area (Å²) in [5, 5.41) is 7.27. The van der Waals surface area contributed by atoms with Gasteiger partial charge in [-0.15, -0.1) is 5.10 Å². The molecule has 1 heterocycles. The van der Waals surface area contributed by atoms with Crippen molar-refractivity contribution in [1.82, 2.24) is 15.1 Å². The standard InChI is InChI=1S/C15H19N3OS3/c1-10(12(19)16-15(2,3)4)21-13-17-18(14(20)22-13)11-8-6-5-7-9-11/h5-10H,1-4H3,(H,16,19)/t10-/m0/s1. The average molecular weight is 354 g/mol. The van der Waals surface area contributed by atoms with Gasteiger partial charge in [0.2, 0.25) is 5.91 Å². The Morgan fingerprint density at radius 2 is 2.00 bits per heavy atom. The second-order valence-corrected chi connectivity index (χ2v) is 9.09. The molecule has 1 N–H and O–H groups in total. The number of carbonyl (C=O) groups is 1. The molecule has 0 bridgehead atoms. The predicted octanol–water partition coefficient (Wildman–Crippen LogP) is 4.06. The Hall–Kier alpha value is -1.18. The zero-order chi connectivity index (χ0) is 16.3. The molecule has 7 heteroatoms. The van der Waals surface area contributed by atoms with Gasteiger partial charge in [0.1, 0.15) is 0 Å². The summed E-state index contributed by atoms with van der Waals surface area (Å²) in [5.74, 6) is 0.00452. The summed E-state index contributed by atoms with van der Waals surface area (Å²) in [6, 6.07) is 9.76. The van der Waals surface area contributed by atoms with E-state index < -0.39 is 0 Å². The Balaban J connectivity index is 2.12. The Kier molecular flexibility index (Phi) is 5.41. The van der Waals surface area contributed by atoms with Gasteiger partial charge in [0.15, 0.2) is 8.29 Å².